The van der Waals surface area contributed by atoms with Crippen molar-refractivity contribution in [1.82, 2.24) is 17.5 Å². The van der Waals surface area contributed by atoms with Crippen molar-refractivity contribution < 1.29 is 34.6 Å². The molecule has 214 valence electrons. The summed E-state index contributed by atoms with van der Waals surface area (Å²) >= 11 is 6.55. The third-order valence-electron chi connectivity index (χ3n) is 6.95. The summed E-state index contributed by atoms with van der Waals surface area (Å²) in [5.74, 6) is 2.32. The second-order valence-electron chi connectivity index (χ2n) is 10.2. The largest absolute Gasteiger partial charge is 1.00 e. The van der Waals surface area contributed by atoms with Crippen LogP contribution in [0.3, 0.4) is 0 Å². The Kier molecular flexibility index (Phi) is 17.0. The lowest BCUT2D eigenvalue weighted by Crippen LogP contribution is -3.09. The maximum absolute atomic E-state index is 4.60. The second kappa shape index (κ2) is 19.0. The van der Waals surface area contributed by atoms with Gasteiger partial charge in [0.2, 0.25) is 0 Å². The van der Waals surface area contributed by atoms with Crippen LogP contribution < -0.4 is 34.6 Å². The van der Waals surface area contributed by atoms with Gasteiger partial charge in [-0.3, -0.25) is 0 Å². The van der Waals surface area contributed by atoms with Crippen LogP contribution in [-0.4, -0.2) is 69.3 Å². The van der Waals surface area contributed by atoms with E-state index in [-0.39, 0.29) is 24.8 Å². The number of rotatable bonds is 15. The Morgan fingerprint density at radius 2 is 1.03 bits per heavy atom. The number of halogens is 2. The average Bonchev–Trinajstić information content (AvgIpc) is 3.54. The molecule has 2 unspecified atom stereocenters. The molecular weight excluding hydrogens is 596 g/mol. The van der Waals surface area contributed by atoms with Crippen LogP contribution in [0.2, 0.25) is 0 Å². The maximum atomic E-state index is 4.60. The molecule has 38 heavy (non-hydrogen) atoms. The number of unbranched alkanes of at least 4 members (excludes halogenated alkanes) is 7. The number of aromatic nitrogens is 4. The molecule has 2 aliphatic heterocycles. The number of nitrogens with zero attached hydrogens (tertiary/aromatic N) is 4. The van der Waals surface area contributed by atoms with Gasteiger partial charge in [0.1, 0.15) is 34.5 Å². The van der Waals surface area contributed by atoms with Crippen LogP contribution in [0.25, 0.3) is 11.1 Å². The first kappa shape index (κ1) is 34.0. The predicted molar refractivity (Wildman–Crippen MR) is 157 cm³/mol. The van der Waals surface area contributed by atoms with E-state index in [2.05, 4.69) is 43.7 Å². The summed E-state index contributed by atoms with van der Waals surface area (Å²) in [6, 6.07) is 0. The number of quaternary nitrogens is 2. The quantitative estimate of drug-likeness (QED) is 0.174. The van der Waals surface area contributed by atoms with Crippen molar-refractivity contribution in [2.75, 3.05) is 51.8 Å². The zero-order valence-electron chi connectivity index (χ0n) is 22.6. The van der Waals surface area contributed by atoms with Crippen LogP contribution >= 0.6 is 47.0 Å². The molecule has 0 fully saturated rings. The first-order valence-electron chi connectivity index (χ1n) is 13.6. The van der Waals surface area contributed by atoms with E-state index in [1.807, 2.05) is 23.5 Å². The number of thioether (sulfide) groups is 2. The monoisotopic (exact) mass is 636 g/mol. The molecule has 0 aromatic carbocycles. The highest BCUT2D eigenvalue weighted by molar-refractivity contribution is 7.99. The van der Waals surface area contributed by atoms with Crippen molar-refractivity contribution >= 4 is 58.1 Å². The van der Waals surface area contributed by atoms with Gasteiger partial charge in [0.25, 0.3) is 0 Å². The van der Waals surface area contributed by atoms with E-state index in [4.69, 9.17) is 0 Å². The lowest BCUT2D eigenvalue weighted by Gasteiger charge is -2.19. The van der Waals surface area contributed by atoms with Crippen LogP contribution in [0.4, 0.5) is 0 Å². The van der Waals surface area contributed by atoms with Gasteiger partial charge in [0.05, 0.1) is 50.6 Å². The molecule has 4 heterocycles. The summed E-state index contributed by atoms with van der Waals surface area (Å²) in [7, 11) is 4.54. The van der Waals surface area contributed by atoms with Crippen LogP contribution in [0, 0.1) is 0 Å². The molecule has 2 N–H and O–H groups in total. The zero-order valence-corrected chi connectivity index (χ0v) is 27.4. The molecule has 0 saturated carbocycles. The summed E-state index contributed by atoms with van der Waals surface area (Å²) in [4.78, 5) is 3.14. The summed E-state index contributed by atoms with van der Waals surface area (Å²) in [6.45, 7) is 4.62. The van der Waals surface area contributed by atoms with Crippen molar-refractivity contribution in [3.63, 3.8) is 0 Å². The van der Waals surface area contributed by atoms with Gasteiger partial charge in [-0.15, -0.1) is 23.5 Å². The van der Waals surface area contributed by atoms with Gasteiger partial charge >= 0.3 is 0 Å². The second-order valence-corrected chi connectivity index (χ2v) is 13.4. The normalized spacial score (nSPS) is 19.3. The van der Waals surface area contributed by atoms with E-state index in [0.717, 1.165) is 58.9 Å². The Labute approximate surface area is 258 Å². The number of hydrogen-bond acceptors (Lipinski definition) is 8. The Hall–Kier alpha value is -0.200. The average molecular weight is 638 g/mol. The molecule has 6 nitrogen and oxygen atoms in total. The SMILES string of the molecule is C[NH+]1CCC=C(c2nsnc2SCCCCCCCCCCSc2nsnc2C2=CCC[NH+](C)C2)C1.[Cl-].[Cl-]. The van der Waals surface area contributed by atoms with Crippen LogP contribution in [0.1, 0.15) is 75.6 Å². The van der Waals surface area contributed by atoms with E-state index >= 15 is 0 Å². The lowest BCUT2D eigenvalue weighted by atomic mass is 10.1. The summed E-state index contributed by atoms with van der Waals surface area (Å²) < 4.78 is 18.4. The maximum Gasteiger partial charge on any atom is 0.138 e. The zero-order chi connectivity index (χ0) is 25.0. The van der Waals surface area contributed by atoms with Gasteiger partial charge in [-0.1, -0.05) is 50.7 Å². The molecule has 4 rings (SSSR count). The molecule has 2 atom stereocenters. The highest BCUT2D eigenvalue weighted by Gasteiger charge is 2.21. The van der Waals surface area contributed by atoms with E-state index < -0.39 is 0 Å². The van der Waals surface area contributed by atoms with Crippen molar-refractivity contribution in [3.05, 3.63) is 23.5 Å². The molecule has 2 aliphatic rings. The van der Waals surface area contributed by atoms with E-state index in [0.29, 0.717) is 0 Å². The van der Waals surface area contributed by atoms with Crippen molar-refractivity contribution in [1.29, 1.82) is 0 Å². The third-order valence-corrected chi connectivity index (χ3v) is 10.3. The summed E-state index contributed by atoms with van der Waals surface area (Å²) in [5, 5.41) is 2.31. The molecule has 0 spiro atoms. The van der Waals surface area contributed by atoms with Crippen LogP contribution in [0.15, 0.2) is 22.2 Å². The van der Waals surface area contributed by atoms with Crippen LogP contribution in [-0.2, 0) is 0 Å². The molecular formula is C26H42Cl2N6S4. The van der Waals surface area contributed by atoms with E-state index in [1.165, 1.54) is 99.1 Å². The van der Waals surface area contributed by atoms with E-state index in [1.54, 1.807) is 9.80 Å². The Bertz CT molecular complexity index is 918. The third kappa shape index (κ3) is 11.0. The van der Waals surface area contributed by atoms with Crippen molar-refractivity contribution in [2.45, 2.75) is 74.3 Å². The number of nitrogens with one attached hydrogen (secondary N) is 2. The predicted octanol–water partition coefficient (Wildman–Crippen LogP) is -1.99. The lowest BCUT2D eigenvalue weighted by molar-refractivity contribution is -0.872. The van der Waals surface area contributed by atoms with E-state index in [9.17, 15) is 0 Å². The highest BCUT2D eigenvalue weighted by Crippen LogP contribution is 2.29. The fraction of sp³-hybridized carbons (Fsp3) is 0.692. The molecule has 0 amide bonds. The number of hydrogen-bond donors (Lipinski definition) is 2. The molecule has 12 heteroatoms. The minimum absolute atomic E-state index is 0. The van der Waals surface area contributed by atoms with Gasteiger partial charge in [0, 0.05) is 24.0 Å². The molecule has 0 aliphatic carbocycles. The highest BCUT2D eigenvalue weighted by atomic mass is 35.5. The number of likely N-dealkylation sites (N-methyl/N-ethyl adjacent to an activating group) is 2. The summed E-state index contributed by atoms with van der Waals surface area (Å²) in [6.07, 6.45) is 17.7. The fourth-order valence-electron chi connectivity index (χ4n) is 4.86. The van der Waals surface area contributed by atoms with Crippen LogP contribution in [0.5, 0.6) is 0 Å². The van der Waals surface area contributed by atoms with Gasteiger partial charge in [-0.2, -0.15) is 17.5 Å². The van der Waals surface area contributed by atoms with Gasteiger partial charge in [0.15, 0.2) is 0 Å². The summed E-state index contributed by atoms with van der Waals surface area (Å²) in [5.41, 5.74) is 5.10. The first-order chi connectivity index (χ1) is 17.7. The topological polar surface area (TPSA) is 60.4 Å². The Morgan fingerprint density at radius 1 is 0.632 bits per heavy atom. The van der Waals surface area contributed by atoms with Crippen molar-refractivity contribution in [2.24, 2.45) is 0 Å². The van der Waals surface area contributed by atoms with Gasteiger partial charge < -0.3 is 34.6 Å². The Balaban J connectivity index is 0.00000253. The molecule has 0 saturated heterocycles. The fourth-order valence-corrected chi connectivity index (χ4v) is 8.28. The standard InChI is InChI=1S/C26H40N6S4.2ClH/c1-31-15-11-13-21(19-31)23-25(29-35-27-23)33-17-9-7-5-3-4-6-8-10-18-34-26-24(28-36-30-26)22-14-12-16-32(2)20-22;;/h13-14H,3-12,15-20H2,1-2H3;2*1H. The minimum Gasteiger partial charge on any atom is -1.00 e. The molecule has 2 aromatic heterocycles. The molecule has 0 bridgehead atoms. The smallest absolute Gasteiger partial charge is 0.138 e. The minimum atomic E-state index is 0. The Morgan fingerprint density at radius 3 is 1.42 bits per heavy atom. The molecule has 0 radical (unpaired) electrons. The molecule has 2 aromatic rings. The van der Waals surface area contributed by atoms with Gasteiger partial charge in [-0.25, -0.2) is 0 Å². The van der Waals surface area contributed by atoms with Crippen molar-refractivity contribution in [3.8, 4) is 0 Å². The van der Waals surface area contributed by atoms with Gasteiger partial charge in [-0.05, 0) is 24.3 Å². The first-order valence-corrected chi connectivity index (χ1v) is 17.1.